The molecule has 0 heterocycles. The number of anilines is 1. The van der Waals surface area contributed by atoms with E-state index in [1.807, 2.05) is 0 Å². The van der Waals surface area contributed by atoms with Gasteiger partial charge in [0.25, 0.3) is 0 Å². The van der Waals surface area contributed by atoms with Crippen LogP contribution < -0.4 is 11.5 Å². The van der Waals surface area contributed by atoms with Crippen molar-refractivity contribution in [2.24, 2.45) is 5.73 Å². The number of halogens is 1. The highest BCUT2D eigenvalue weighted by Gasteiger charge is 2.12. The molecule has 4 N–H and O–H groups in total. The van der Waals surface area contributed by atoms with Crippen LogP contribution in [0.5, 0.6) is 0 Å². The van der Waals surface area contributed by atoms with E-state index in [-0.39, 0.29) is 17.7 Å². The van der Waals surface area contributed by atoms with Gasteiger partial charge in [-0.25, -0.2) is 4.79 Å². The van der Waals surface area contributed by atoms with Crippen molar-refractivity contribution in [3.63, 3.8) is 0 Å². The molecule has 1 aromatic carbocycles. The number of nitrogen functional groups attached to an aromatic ring is 1. The molecule has 0 unspecified atom stereocenters. The molecule has 0 aliphatic rings. The number of carbonyl (C=O) groups is 2. The molecule has 0 aliphatic carbocycles. The molecular weight excluding hydrogens is 256 g/mol. The molecule has 96 valence electrons. The predicted octanol–water partition coefficient (Wildman–Crippen LogP) is 1.60. The predicted molar refractivity (Wildman–Crippen MR) is 70.0 cm³/mol. The topological polar surface area (TPSA) is 95.4 Å². The van der Waals surface area contributed by atoms with Crippen LogP contribution in [0.15, 0.2) is 18.2 Å². The second-order valence-electron chi connectivity index (χ2n) is 3.53. The molecule has 5 nitrogen and oxygen atoms in total. The molecule has 0 saturated carbocycles. The zero-order chi connectivity index (χ0) is 13.7. The van der Waals surface area contributed by atoms with E-state index in [1.54, 1.807) is 12.2 Å². The third kappa shape index (κ3) is 3.49. The molecule has 0 aliphatic heterocycles. The molecule has 1 rings (SSSR count). The zero-order valence-corrected chi connectivity index (χ0v) is 10.5. The lowest BCUT2D eigenvalue weighted by Crippen LogP contribution is -2.08. The van der Waals surface area contributed by atoms with Gasteiger partial charge >= 0.3 is 5.97 Å². The number of esters is 1. The molecule has 0 fully saturated rings. The summed E-state index contributed by atoms with van der Waals surface area (Å²) in [6.45, 7) is 0. The molecule has 0 spiro atoms. The minimum absolute atomic E-state index is 0.0915. The third-order valence-electron chi connectivity index (χ3n) is 2.19. The van der Waals surface area contributed by atoms with Gasteiger partial charge in [-0.15, -0.1) is 0 Å². The highest BCUT2D eigenvalue weighted by molar-refractivity contribution is 6.32. The number of benzene rings is 1. The van der Waals surface area contributed by atoms with E-state index in [4.69, 9.17) is 23.1 Å². The summed E-state index contributed by atoms with van der Waals surface area (Å²) in [7, 11) is 1.26. The second kappa shape index (κ2) is 6.07. The van der Waals surface area contributed by atoms with Crippen molar-refractivity contribution in [2.45, 2.75) is 6.42 Å². The average molecular weight is 269 g/mol. The van der Waals surface area contributed by atoms with E-state index in [0.29, 0.717) is 10.6 Å². The van der Waals surface area contributed by atoms with Gasteiger partial charge in [0.1, 0.15) is 0 Å². The number of nitrogens with two attached hydrogens (primary N) is 2. The SMILES string of the molecule is COC(=O)c1cc(C=CCC(N)=O)c(Cl)cc1N. The quantitative estimate of drug-likeness (QED) is 0.640. The minimum atomic E-state index is -0.547. The Morgan fingerprint density at radius 2 is 2.11 bits per heavy atom. The molecule has 1 aromatic rings. The lowest BCUT2D eigenvalue weighted by molar-refractivity contribution is -0.117. The fourth-order valence-electron chi connectivity index (χ4n) is 1.32. The number of ether oxygens (including phenoxy) is 1. The summed E-state index contributed by atoms with van der Waals surface area (Å²) >= 11 is 5.97. The van der Waals surface area contributed by atoms with Crippen molar-refractivity contribution in [1.82, 2.24) is 0 Å². The van der Waals surface area contributed by atoms with Gasteiger partial charge in [0.15, 0.2) is 0 Å². The number of hydrogen-bond acceptors (Lipinski definition) is 4. The van der Waals surface area contributed by atoms with Crippen LogP contribution in [0.2, 0.25) is 5.02 Å². The number of carbonyl (C=O) groups excluding carboxylic acids is 2. The molecule has 6 heteroatoms. The molecule has 0 atom stereocenters. The van der Waals surface area contributed by atoms with Gasteiger partial charge in [0.05, 0.1) is 12.7 Å². The largest absolute Gasteiger partial charge is 0.465 e. The minimum Gasteiger partial charge on any atom is -0.465 e. The van der Waals surface area contributed by atoms with Crippen molar-refractivity contribution in [2.75, 3.05) is 12.8 Å². The Bertz CT molecular complexity index is 512. The lowest BCUT2D eigenvalue weighted by Gasteiger charge is -2.06. The maximum Gasteiger partial charge on any atom is 0.339 e. The summed E-state index contributed by atoms with van der Waals surface area (Å²) in [6, 6.07) is 2.96. The van der Waals surface area contributed by atoms with E-state index in [2.05, 4.69) is 4.74 Å². The van der Waals surface area contributed by atoms with Gasteiger partial charge in [-0.3, -0.25) is 4.79 Å². The van der Waals surface area contributed by atoms with Gasteiger partial charge in [-0.1, -0.05) is 23.8 Å². The Balaban J connectivity index is 3.09. The Morgan fingerprint density at radius 3 is 2.67 bits per heavy atom. The maximum atomic E-state index is 11.4. The van der Waals surface area contributed by atoms with Crippen LogP contribution in [0.1, 0.15) is 22.3 Å². The van der Waals surface area contributed by atoms with E-state index in [1.165, 1.54) is 19.2 Å². The van der Waals surface area contributed by atoms with Crippen molar-refractivity contribution in [3.8, 4) is 0 Å². The molecular formula is C12H13ClN2O3. The first-order chi connectivity index (χ1) is 8.45. The van der Waals surface area contributed by atoms with Crippen LogP contribution >= 0.6 is 11.6 Å². The van der Waals surface area contributed by atoms with Crippen molar-refractivity contribution in [3.05, 3.63) is 34.4 Å². The first kappa shape index (κ1) is 14.1. The van der Waals surface area contributed by atoms with E-state index < -0.39 is 11.9 Å². The fourth-order valence-corrected chi connectivity index (χ4v) is 1.56. The summed E-state index contributed by atoms with van der Waals surface area (Å²) in [5.74, 6) is -1.00. The van der Waals surface area contributed by atoms with Crippen LogP contribution in [-0.2, 0) is 9.53 Å². The van der Waals surface area contributed by atoms with Gasteiger partial charge < -0.3 is 16.2 Å². The summed E-state index contributed by atoms with van der Waals surface area (Å²) in [5.41, 5.74) is 11.7. The third-order valence-corrected chi connectivity index (χ3v) is 2.52. The highest BCUT2D eigenvalue weighted by Crippen LogP contribution is 2.25. The first-order valence-corrected chi connectivity index (χ1v) is 5.45. The van der Waals surface area contributed by atoms with Crippen molar-refractivity contribution in [1.29, 1.82) is 0 Å². The van der Waals surface area contributed by atoms with Crippen LogP contribution in [-0.4, -0.2) is 19.0 Å². The van der Waals surface area contributed by atoms with E-state index >= 15 is 0 Å². The highest BCUT2D eigenvalue weighted by atomic mass is 35.5. The van der Waals surface area contributed by atoms with Crippen molar-refractivity contribution >= 4 is 35.2 Å². The van der Waals surface area contributed by atoms with E-state index in [9.17, 15) is 9.59 Å². The summed E-state index contributed by atoms with van der Waals surface area (Å²) in [4.78, 5) is 22.0. The second-order valence-corrected chi connectivity index (χ2v) is 3.93. The van der Waals surface area contributed by atoms with Crippen LogP contribution in [0.25, 0.3) is 6.08 Å². The Kier molecular flexibility index (Phi) is 4.74. The molecule has 1 amide bonds. The Hall–Kier alpha value is -2.01. The molecule has 0 saturated heterocycles. The van der Waals surface area contributed by atoms with Crippen LogP contribution in [0.4, 0.5) is 5.69 Å². The first-order valence-electron chi connectivity index (χ1n) is 5.08. The standard InChI is InChI=1S/C12H13ClN2O3/c1-18-12(17)8-5-7(3-2-4-11(15)16)9(13)6-10(8)14/h2-3,5-6H,4,14H2,1H3,(H2,15,16). The number of primary amides is 1. The molecule has 0 bridgehead atoms. The summed E-state index contributed by atoms with van der Waals surface area (Å²) in [6.07, 6.45) is 3.24. The summed E-state index contributed by atoms with van der Waals surface area (Å²) in [5, 5.41) is 0.376. The van der Waals surface area contributed by atoms with Crippen LogP contribution in [0.3, 0.4) is 0 Å². The molecule has 0 aromatic heterocycles. The number of hydrogen-bond donors (Lipinski definition) is 2. The smallest absolute Gasteiger partial charge is 0.339 e. The van der Waals surface area contributed by atoms with Gasteiger partial charge in [0.2, 0.25) is 5.91 Å². The Morgan fingerprint density at radius 1 is 1.44 bits per heavy atom. The van der Waals surface area contributed by atoms with Gasteiger partial charge in [-0.05, 0) is 17.7 Å². The fraction of sp³-hybridized carbons (Fsp3) is 0.167. The van der Waals surface area contributed by atoms with Gasteiger partial charge in [-0.2, -0.15) is 0 Å². The number of amides is 1. The summed E-state index contributed by atoms with van der Waals surface area (Å²) < 4.78 is 4.59. The zero-order valence-electron chi connectivity index (χ0n) is 9.77. The maximum absolute atomic E-state index is 11.4. The van der Waals surface area contributed by atoms with Crippen LogP contribution in [0, 0.1) is 0 Å². The molecule has 0 radical (unpaired) electrons. The number of methoxy groups -OCH3 is 1. The normalized spacial score (nSPS) is 10.6. The van der Waals surface area contributed by atoms with E-state index in [0.717, 1.165) is 0 Å². The molecule has 18 heavy (non-hydrogen) atoms. The monoisotopic (exact) mass is 268 g/mol. The average Bonchev–Trinajstić information content (AvgIpc) is 2.30. The number of rotatable bonds is 4. The Labute approximate surface area is 109 Å². The lowest BCUT2D eigenvalue weighted by atomic mass is 10.1. The van der Waals surface area contributed by atoms with Gasteiger partial charge in [0, 0.05) is 17.1 Å². The van der Waals surface area contributed by atoms with Crippen molar-refractivity contribution < 1.29 is 14.3 Å².